The summed E-state index contributed by atoms with van der Waals surface area (Å²) in [5.41, 5.74) is 0.785. The Balaban J connectivity index is 2.16. The molecule has 0 aliphatic heterocycles. The van der Waals surface area contributed by atoms with Gasteiger partial charge >= 0.3 is 0 Å². The molecule has 0 aliphatic carbocycles. The minimum Gasteiger partial charge on any atom is -0.310 e. The molecule has 0 fully saturated rings. The smallest absolute Gasteiger partial charge is 0.263 e. The van der Waals surface area contributed by atoms with E-state index in [0.717, 1.165) is 22.0 Å². The van der Waals surface area contributed by atoms with E-state index in [-0.39, 0.29) is 5.56 Å². The van der Waals surface area contributed by atoms with Gasteiger partial charge in [-0.15, -0.1) is 11.3 Å². The third kappa shape index (κ3) is 3.81. The molecule has 1 heterocycles. The van der Waals surface area contributed by atoms with E-state index in [1.165, 1.54) is 23.5 Å². The largest absolute Gasteiger partial charge is 0.310 e. The molecule has 2 nitrogen and oxygen atoms in total. The predicted octanol–water partition coefficient (Wildman–Crippen LogP) is 4.25. The second-order valence-electron chi connectivity index (χ2n) is 4.59. The third-order valence-electron chi connectivity index (χ3n) is 2.62. The number of nitrogens with zero attached hydrogens (tertiary/aromatic N) is 1. The maximum Gasteiger partial charge on any atom is 0.263 e. The van der Waals surface area contributed by atoms with E-state index in [4.69, 9.17) is 0 Å². The van der Waals surface area contributed by atoms with Crippen molar-refractivity contribution in [1.29, 1.82) is 0 Å². The van der Waals surface area contributed by atoms with Crippen molar-refractivity contribution < 1.29 is 8.78 Å². The van der Waals surface area contributed by atoms with Crippen LogP contribution in [-0.2, 0) is 6.54 Å². The van der Waals surface area contributed by atoms with Crippen molar-refractivity contribution in [3.05, 3.63) is 40.9 Å². The minimum absolute atomic E-state index is 0.0366. The van der Waals surface area contributed by atoms with Gasteiger partial charge in [-0.25, -0.2) is 13.8 Å². The van der Waals surface area contributed by atoms with Gasteiger partial charge in [-0.3, -0.25) is 0 Å². The Kier molecular flexibility index (Phi) is 4.61. The Hall–Kier alpha value is -1.33. The molecule has 102 valence electrons. The lowest BCUT2D eigenvalue weighted by molar-refractivity contribution is 0.151. The highest BCUT2D eigenvalue weighted by Gasteiger charge is 2.10. The molecule has 0 saturated heterocycles. The summed E-state index contributed by atoms with van der Waals surface area (Å²) in [6.07, 6.45) is -0.647. The van der Waals surface area contributed by atoms with Crippen LogP contribution in [0.5, 0.6) is 0 Å². The summed E-state index contributed by atoms with van der Waals surface area (Å²) in [6, 6.07) is 6.80. The molecule has 1 aromatic heterocycles. The molecule has 0 bridgehead atoms. The van der Waals surface area contributed by atoms with Crippen LogP contribution >= 0.6 is 11.3 Å². The molecule has 0 saturated carbocycles. The standard InChI is InChI=1S/C14H16F2N2S/c1-9(2)17-7-12-8-18-14(19-12)11-5-3-4-10(6-11)13(15)16/h3-6,8-9,13,17H,7H2,1-2H3. The fraction of sp³-hybridized carbons (Fsp3) is 0.357. The number of hydrogen-bond donors (Lipinski definition) is 1. The summed E-state index contributed by atoms with van der Waals surface area (Å²) in [5, 5.41) is 4.09. The SMILES string of the molecule is CC(C)NCc1cnc(-c2cccc(C(F)F)c2)s1. The first-order valence-corrected chi connectivity index (χ1v) is 6.94. The first-order valence-electron chi connectivity index (χ1n) is 6.13. The van der Waals surface area contributed by atoms with Gasteiger partial charge in [0.15, 0.2) is 0 Å². The molecular weight excluding hydrogens is 266 g/mol. The Bertz CT molecular complexity index is 538. The van der Waals surface area contributed by atoms with Crippen molar-refractivity contribution in [1.82, 2.24) is 10.3 Å². The predicted molar refractivity (Wildman–Crippen MR) is 74.5 cm³/mol. The van der Waals surface area contributed by atoms with E-state index in [1.54, 1.807) is 12.3 Å². The molecule has 0 unspecified atom stereocenters. The zero-order chi connectivity index (χ0) is 13.8. The maximum atomic E-state index is 12.7. The molecule has 0 spiro atoms. The van der Waals surface area contributed by atoms with Gasteiger partial charge in [-0.1, -0.05) is 32.0 Å². The quantitative estimate of drug-likeness (QED) is 0.887. The van der Waals surface area contributed by atoms with Crippen LogP contribution in [0, 0.1) is 0 Å². The summed E-state index contributed by atoms with van der Waals surface area (Å²) in [5.74, 6) is 0. The Morgan fingerprint density at radius 3 is 2.79 bits per heavy atom. The molecule has 0 amide bonds. The second-order valence-corrected chi connectivity index (χ2v) is 5.71. The van der Waals surface area contributed by atoms with Crippen LogP contribution in [0.1, 0.15) is 30.7 Å². The van der Waals surface area contributed by atoms with Crippen molar-refractivity contribution >= 4 is 11.3 Å². The van der Waals surface area contributed by atoms with Crippen molar-refractivity contribution in [2.75, 3.05) is 0 Å². The van der Waals surface area contributed by atoms with E-state index in [9.17, 15) is 8.78 Å². The van der Waals surface area contributed by atoms with Crippen LogP contribution in [-0.4, -0.2) is 11.0 Å². The van der Waals surface area contributed by atoms with E-state index in [1.807, 2.05) is 6.07 Å². The molecule has 0 atom stereocenters. The fourth-order valence-corrected chi connectivity index (χ4v) is 2.49. The molecule has 0 radical (unpaired) electrons. The molecule has 2 aromatic rings. The molecule has 5 heteroatoms. The molecule has 0 aliphatic rings. The van der Waals surface area contributed by atoms with Gasteiger partial charge in [0.1, 0.15) is 5.01 Å². The maximum absolute atomic E-state index is 12.7. The zero-order valence-corrected chi connectivity index (χ0v) is 11.7. The monoisotopic (exact) mass is 282 g/mol. The summed E-state index contributed by atoms with van der Waals surface area (Å²) >= 11 is 1.53. The Labute approximate surface area is 115 Å². The van der Waals surface area contributed by atoms with Crippen molar-refractivity contribution in [2.45, 2.75) is 32.9 Å². The van der Waals surface area contributed by atoms with E-state index in [2.05, 4.69) is 24.1 Å². The zero-order valence-electron chi connectivity index (χ0n) is 10.9. The number of thiazole rings is 1. The summed E-state index contributed by atoms with van der Waals surface area (Å²) in [6.45, 7) is 4.91. The van der Waals surface area contributed by atoms with Crippen molar-refractivity contribution in [2.24, 2.45) is 0 Å². The van der Waals surface area contributed by atoms with Crippen LogP contribution in [0.3, 0.4) is 0 Å². The lowest BCUT2D eigenvalue weighted by Crippen LogP contribution is -2.21. The van der Waals surface area contributed by atoms with E-state index in [0.29, 0.717) is 6.04 Å². The molecule has 1 aromatic carbocycles. The highest BCUT2D eigenvalue weighted by Crippen LogP contribution is 2.28. The van der Waals surface area contributed by atoms with Gasteiger partial charge in [0, 0.05) is 34.8 Å². The highest BCUT2D eigenvalue weighted by atomic mass is 32.1. The first kappa shape index (κ1) is 14.1. The van der Waals surface area contributed by atoms with E-state index >= 15 is 0 Å². The lowest BCUT2D eigenvalue weighted by atomic mass is 10.1. The van der Waals surface area contributed by atoms with Gasteiger partial charge in [0.2, 0.25) is 0 Å². The van der Waals surface area contributed by atoms with Crippen LogP contribution in [0.2, 0.25) is 0 Å². The van der Waals surface area contributed by atoms with Crippen LogP contribution in [0.4, 0.5) is 8.78 Å². The number of hydrogen-bond acceptors (Lipinski definition) is 3. The number of aromatic nitrogens is 1. The lowest BCUT2D eigenvalue weighted by Gasteiger charge is -2.04. The second kappa shape index (κ2) is 6.21. The molecule has 2 rings (SSSR count). The number of benzene rings is 1. The molecular formula is C14H16F2N2S. The third-order valence-corrected chi connectivity index (χ3v) is 3.67. The summed E-state index contributed by atoms with van der Waals surface area (Å²) in [7, 11) is 0. The number of halogens is 2. The number of alkyl halides is 2. The number of rotatable bonds is 5. The summed E-state index contributed by atoms with van der Waals surface area (Å²) in [4.78, 5) is 5.40. The van der Waals surface area contributed by atoms with Gasteiger partial charge in [-0.2, -0.15) is 0 Å². The Morgan fingerprint density at radius 1 is 1.32 bits per heavy atom. The van der Waals surface area contributed by atoms with Gasteiger partial charge < -0.3 is 5.32 Å². The first-order chi connectivity index (χ1) is 9.06. The molecule has 19 heavy (non-hydrogen) atoms. The van der Waals surface area contributed by atoms with Gasteiger partial charge in [0.25, 0.3) is 6.43 Å². The average molecular weight is 282 g/mol. The van der Waals surface area contributed by atoms with Crippen LogP contribution < -0.4 is 5.32 Å². The van der Waals surface area contributed by atoms with E-state index < -0.39 is 6.43 Å². The highest BCUT2D eigenvalue weighted by molar-refractivity contribution is 7.15. The topological polar surface area (TPSA) is 24.9 Å². The van der Waals surface area contributed by atoms with Crippen molar-refractivity contribution in [3.8, 4) is 10.6 Å². The average Bonchev–Trinajstić information content (AvgIpc) is 2.85. The minimum atomic E-state index is -2.44. The normalized spacial score (nSPS) is 11.5. The van der Waals surface area contributed by atoms with Gasteiger partial charge in [-0.05, 0) is 6.07 Å². The fourth-order valence-electron chi connectivity index (χ4n) is 1.63. The number of nitrogens with one attached hydrogen (secondary N) is 1. The van der Waals surface area contributed by atoms with Crippen LogP contribution in [0.25, 0.3) is 10.6 Å². The molecule has 1 N–H and O–H groups in total. The summed E-state index contributed by atoms with van der Waals surface area (Å²) < 4.78 is 25.3. The van der Waals surface area contributed by atoms with Crippen LogP contribution in [0.15, 0.2) is 30.5 Å². The Morgan fingerprint density at radius 2 is 2.11 bits per heavy atom. The van der Waals surface area contributed by atoms with Crippen molar-refractivity contribution in [3.63, 3.8) is 0 Å². The van der Waals surface area contributed by atoms with Gasteiger partial charge in [0.05, 0.1) is 0 Å².